The number of ether oxygens (including phenoxy) is 3. The summed E-state index contributed by atoms with van der Waals surface area (Å²) in [6.07, 6.45) is 1.31. The summed E-state index contributed by atoms with van der Waals surface area (Å²) in [4.78, 5) is 25.4. The molecule has 0 aromatic heterocycles. The molecule has 3 rings (SSSR count). The minimum absolute atomic E-state index is 0.0566. The van der Waals surface area contributed by atoms with E-state index in [1.165, 1.54) is 7.11 Å². The maximum Gasteiger partial charge on any atom is 0.409 e. The molecule has 25 heavy (non-hydrogen) atoms. The number of likely N-dealkylation sites (tertiary alicyclic amines) is 1. The Balaban J connectivity index is 1.53. The zero-order chi connectivity index (χ0) is 17.8. The topological polar surface area (TPSA) is 77.1 Å². The Kier molecular flexibility index (Phi) is 5.53. The van der Waals surface area contributed by atoms with Crippen LogP contribution in [0.4, 0.5) is 4.79 Å². The Labute approximate surface area is 151 Å². The van der Waals surface area contributed by atoms with E-state index in [4.69, 9.17) is 25.8 Å². The molecule has 1 aromatic rings. The van der Waals surface area contributed by atoms with Gasteiger partial charge in [0.25, 0.3) is 0 Å². The van der Waals surface area contributed by atoms with Gasteiger partial charge in [-0.3, -0.25) is 4.79 Å². The summed E-state index contributed by atoms with van der Waals surface area (Å²) in [7, 11) is 1.37. The number of carbonyl (C=O) groups excluding carboxylic acids is 2. The fourth-order valence-electron chi connectivity index (χ4n) is 3.07. The molecular weight excluding hydrogens is 348 g/mol. The van der Waals surface area contributed by atoms with Gasteiger partial charge in [0.15, 0.2) is 11.5 Å². The number of carbonyl (C=O) groups is 2. The molecule has 1 saturated heterocycles. The Hall–Kier alpha value is -2.15. The molecule has 0 bridgehead atoms. The summed E-state index contributed by atoms with van der Waals surface area (Å²) < 4.78 is 15.7. The first kappa shape index (κ1) is 17.7. The van der Waals surface area contributed by atoms with Crippen molar-refractivity contribution in [3.05, 3.63) is 22.7 Å². The number of hydrogen-bond acceptors (Lipinski definition) is 5. The maximum atomic E-state index is 12.3. The van der Waals surface area contributed by atoms with Gasteiger partial charge in [-0.05, 0) is 30.5 Å². The number of nitrogens with zero attached hydrogens (tertiary/aromatic N) is 1. The number of rotatable bonds is 3. The van der Waals surface area contributed by atoms with Crippen molar-refractivity contribution in [2.24, 2.45) is 0 Å². The average Bonchev–Trinajstić information content (AvgIpc) is 2.61. The highest BCUT2D eigenvalue weighted by molar-refractivity contribution is 6.32. The lowest BCUT2D eigenvalue weighted by molar-refractivity contribution is -0.121. The van der Waals surface area contributed by atoms with Gasteiger partial charge in [-0.1, -0.05) is 11.6 Å². The van der Waals surface area contributed by atoms with Gasteiger partial charge in [0.05, 0.1) is 18.6 Å². The molecule has 0 saturated carbocycles. The van der Waals surface area contributed by atoms with Crippen LogP contribution in [0.2, 0.25) is 5.02 Å². The second-order valence-corrected chi connectivity index (χ2v) is 6.48. The van der Waals surface area contributed by atoms with E-state index in [1.54, 1.807) is 17.0 Å². The van der Waals surface area contributed by atoms with Crippen LogP contribution in [-0.2, 0) is 16.0 Å². The number of amides is 2. The fourth-order valence-corrected chi connectivity index (χ4v) is 3.35. The van der Waals surface area contributed by atoms with Crippen molar-refractivity contribution < 1.29 is 23.8 Å². The standard InChI is InChI=1S/C17H21ClN2O5/c1-23-17(22)20-4-2-12(3-5-20)19-15(21)10-11-8-13(18)16-14(9-11)24-6-7-25-16/h8-9,12H,2-7,10H2,1H3,(H,19,21). The molecule has 1 aromatic carbocycles. The molecule has 0 atom stereocenters. The van der Waals surface area contributed by atoms with Crippen molar-refractivity contribution in [1.82, 2.24) is 10.2 Å². The second kappa shape index (κ2) is 7.82. The van der Waals surface area contributed by atoms with Crippen LogP contribution in [0.5, 0.6) is 11.5 Å². The lowest BCUT2D eigenvalue weighted by Gasteiger charge is -2.31. The number of methoxy groups -OCH3 is 1. The first-order valence-corrected chi connectivity index (χ1v) is 8.65. The molecule has 0 aliphatic carbocycles. The maximum absolute atomic E-state index is 12.3. The molecule has 1 fully saturated rings. The number of piperidine rings is 1. The lowest BCUT2D eigenvalue weighted by Crippen LogP contribution is -2.46. The van der Waals surface area contributed by atoms with Gasteiger partial charge < -0.3 is 24.4 Å². The van der Waals surface area contributed by atoms with Gasteiger partial charge in [0.2, 0.25) is 5.91 Å². The summed E-state index contributed by atoms with van der Waals surface area (Å²) in [6, 6.07) is 3.58. The van der Waals surface area contributed by atoms with Crippen LogP contribution in [0, 0.1) is 0 Å². The van der Waals surface area contributed by atoms with Crippen LogP contribution in [0.15, 0.2) is 12.1 Å². The van der Waals surface area contributed by atoms with Crippen molar-refractivity contribution in [2.75, 3.05) is 33.4 Å². The van der Waals surface area contributed by atoms with Crippen LogP contribution >= 0.6 is 11.6 Å². The first-order chi connectivity index (χ1) is 12.1. The van der Waals surface area contributed by atoms with E-state index in [-0.39, 0.29) is 24.5 Å². The third-order valence-corrected chi connectivity index (χ3v) is 4.59. The lowest BCUT2D eigenvalue weighted by atomic mass is 10.0. The molecule has 7 nitrogen and oxygen atoms in total. The molecule has 8 heteroatoms. The highest BCUT2D eigenvalue weighted by atomic mass is 35.5. The van der Waals surface area contributed by atoms with Crippen molar-refractivity contribution in [1.29, 1.82) is 0 Å². The molecule has 2 heterocycles. The second-order valence-electron chi connectivity index (χ2n) is 6.08. The average molecular weight is 369 g/mol. The normalized spacial score (nSPS) is 17.1. The van der Waals surface area contributed by atoms with E-state index < -0.39 is 0 Å². The summed E-state index contributed by atoms with van der Waals surface area (Å²) in [5, 5.41) is 3.46. The summed E-state index contributed by atoms with van der Waals surface area (Å²) >= 11 is 6.20. The van der Waals surface area contributed by atoms with Crippen molar-refractivity contribution in [3.8, 4) is 11.5 Å². The molecule has 0 radical (unpaired) electrons. The molecule has 136 valence electrons. The van der Waals surface area contributed by atoms with Gasteiger partial charge >= 0.3 is 6.09 Å². The molecule has 0 spiro atoms. The predicted octanol–water partition coefficient (Wildman–Crippen LogP) is 2.00. The van der Waals surface area contributed by atoms with Crippen molar-refractivity contribution >= 4 is 23.6 Å². The van der Waals surface area contributed by atoms with Crippen molar-refractivity contribution in [3.63, 3.8) is 0 Å². The minimum Gasteiger partial charge on any atom is -0.486 e. The number of halogens is 1. The number of fused-ring (bicyclic) bond motifs is 1. The number of nitrogens with one attached hydrogen (secondary N) is 1. The zero-order valence-corrected chi connectivity index (χ0v) is 14.8. The molecule has 0 unspecified atom stereocenters. The van der Waals surface area contributed by atoms with Gasteiger partial charge in [0, 0.05) is 19.1 Å². The van der Waals surface area contributed by atoms with Crippen molar-refractivity contribution in [2.45, 2.75) is 25.3 Å². The van der Waals surface area contributed by atoms with Gasteiger partial charge in [0.1, 0.15) is 13.2 Å². The highest BCUT2D eigenvalue weighted by Crippen LogP contribution is 2.38. The van der Waals surface area contributed by atoms with Crippen LogP contribution in [-0.4, -0.2) is 56.4 Å². The van der Waals surface area contributed by atoms with E-state index >= 15 is 0 Å². The Morgan fingerprint density at radius 2 is 2.00 bits per heavy atom. The Morgan fingerprint density at radius 1 is 1.28 bits per heavy atom. The van der Waals surface area contributed by atoms with E-state index in [0.29, 0.717) is 55.7 Å². The quantitative estimate of drug-likeness (QED) is 0.883. The van der Waals surface area contributed by atoms with Gasteiger partial charge in [-0.2, -0.15) is 0 Å². The number of hydrogen-bond donors (Lipinski definition) is 1. The Bertz CT molecular complexity index is 659. The molecule has 2 aliphatic rings. The molecular formula is C17H21ClN2O5. The smallest absolute Gasteiger partial charge is 0.409 e. The predicted molar refractivity (Wildman–Crippen MR) is 91.3 cm³/mol. The summed E-state index contributed by atoms with van der Waals surface area (Å²) in [5.74, 6) is 1.03. The third kappa shape index (κ3) is 4.28. The number of benzene rings is 1. The van der Waals surface area contributed by atoms with E-state index in [2.05, 4.69) is 5.32 Å². The van der Waals surface area contributed by atoms with E-state index in [0.717, 1.165) is 5.56 Å². The van der Waals surface area contributed by atoms with Gasteiger partial charge in [-0.15, -0.1) is 0 Å². The first-order valence-electron chi connectivity index (χ1n) is 8.27. The summed E-state index contributed by atoms with van der Waals surface area (Å²) in [6.45, 7) is 2.09. The van der Waals surface area contributed by atoms with Crippen LogP contribution in [0.25, 0.3) is 0 Å². The monoisotopic (exact) mass is 368 g/mol. The third-order valence-electron chi connectivity index (χ3n) is 4.31. The van der Waals surface area contributed by atoms with E-state index in [9.17, 15) is 9.59 Å². The van der Waals surface area contributed by atoms with Gasteiger partial charge in [-0.25, -0.2) is 4.79 Å². The minimum atomic E-state index is -0.323. The van der Waals surface area contributed by atoms with Crippen LogP contribution in [0.3, 0.4) is 0 Å². The Morgan fingerprint density at radius 3 is 2.72 bits per heavy atom. The highest BCUT2D eigenvalue weighted by Gasteiger charge is 2.24. The molecule has 2 amide bonds. The zero-order valence-electron chi connectivity index (χ0n) is 14.0. The molecule has 2 aliphatic heterocycles. The van der Waals surface area contributed by atoms with E-state index in [1.807, 2.05) is 0 Å². The van der Waals surface area contributed by atoms with Crippen LogP contribution < -0.4 is 14.8 Å². The SMILES string of the molecule is COC(=O)N1CCC(NC(=O)Cc2cc(Cl)c3c(c2)OCCO3)CC1. The summed E-state index contributed by atoms with van der Waals surface area (Å²) in [5.41, 5.74) is 0.777. The molecule has 1 N–H and O–H groups in total. The largest absolute Gasteiger partial charge is 0.486 e. The fraction of sp³-hybridized carbons (Fsp3) is 0.529. The van der Waals surface area contributed by atoms with Crippen LogP contribution in [0.1, 0.15) is 18.4 Å².